The van der Waals surface area contributed by atoms with Gasteiger partial charge >= 0.3 is 0 Å². The maximum atomic E-state index is 12.2. The molecule has 2 aromatic carbocycles. The van der Waals surface area contributed by atoms with Crippen molar-refractivity contribution in [1.82, 2.24) is 5.32 Å². The second kappa shape index (κ2) is 8.95. The fraction of sp³-hybridized carbons (Fsp3) is 0.111. The van der Waals surface area contributed by atoms with E-state index in [9.17, 15) is 13.2 Å². The van der Waals surface area contributed by atoms with E-state index < -0.39 is 16.0 Å². The third-order valence-corrected chi connectivity index (χ3v) is 4.38. The number of hydrogen-bond donors (Lipinski definition) is 4. The molecule has 0 saturated heterocycles. The zero-order valence-corrected chi connectivity index (χ0v) is 15.0. The summed E-state index contributed by atoms with van der Waals surface area (Å²) >= 11 is 0. The molecule has 0 unspecified atom stereocenters. The predicted octanol–water partition coefficient (Wildman–Crippen LogP) is 1.53. The summed E-state index contributed by atoms with van der Waals surface area (Å²) in [5, 5.41) is 14.5. The van der Waals surface area contributed by atoms with Crippen LogP contribution >= 0.6 is 0 Å². The Bertz CT molecular complexity index is 1010. The van der Waals surface area contributed by atoms with Gasteiger partial charge in [-0.25, -0.2) is 0 Å². The molecule has 0 aliphatic rings. The first-order valence-corrected chi connectivity index (χ1v) is 9.28. The van der Waals surface area contributed by atoms with E-state index in [0.29, 0.717) is 13.1 Å². The van der Waals surface area contributed by atoms with Crippen LogP contribution in [0.2, 0.25) is 0 Å². The molecule has 2 rings (SSSR count). The molecule has 0 spiro atoms. The highest BCUT2D eigenvalue weighted by atomic mass is 32.2. The van der Waals surface area contributed by atoms with Gasteiger partial charge in [-0.05, 0) is 29.3 Å². The van der Waals surface area contributed by atoms with Gasteiger partial charge in [0.1, 0.15) is 11.6 Å². The molecule has 8 nitrogen and oxygen atoms in total. The van der Waals surface area contributed by atoms with E-state index in [1.165, 1.54) is 24.4 Å². The summed E-state index contributed by atoms with van der Waals surface area (Å²) < 4.78 is 31.3. The van der Waals surface area contributed by atoms with Crippen molar-refractivity contribution in [1.29, 1.82) is 5.26 Å². The average molecular weight is 386 g/mol. The van der Waals surface area contributed by atoms with Crippen LogP contribution in [0.4, 0.5) is 5.69 Å². The lowest BCUT2D eigenvalue weighted by molar-refractivity contribution is -0.112. The Morgan fingerprint density at radius 3 is 2.56 bits per heavy atom. The zero-order valence-electron chi connectivity index (χ0n) is 14.2. The fourth-order valence-corrected chi connectivity index (χ4v) is 2.75. The maximum Gasteiger partial charge on any atom is 0.294 e. The minimum absolute atomic E-state index is 0.131. The minimum atomic E-state index is -4.39. The van der Waals surface area contributed by atoms with Crippen molar-refractivity contribution in [3.8, 4) is 6.07 Å². The Hall–Kier alpha value is -3.19. The highest BCUT2D eigenvalue weighted by Gasteiger charge is 2.13. The maximum absolute atomic E-state index is 12.2. The molecule has 1 amide bonds. The lowest BCUT2D eigenvalue weighted by atomic mass is 10.1. The standard InChI is InChI=1S/C18H18N4O4S/c19-9-13-3-1-4-14(7-13)11-21-12-15(10-20)18(23)22-16-5-2-6-17(8-16)27(24,25)26/h1-8,12,21H,9,11,19H2,(H,22,23)(H,24,25,26)/b15-12-. The van der Waals surface area contributed by atoms with E-state index in [0.717, 1.165) is 17.2 Å². The van der Waals surface area contributed by atoms with Crippen LogP contribution in [0.15, 0.2) is 65.2 Å². The predicted molar refractivity (Wildman–Crippen MR) is 99.8 cm³/mol. The molecule has 0 bridgehead atoms. The number of nitriles is 1. The summed E-state index contributed by atoms with van der Waals surface area (Å²) in [7, 11) is -4.39. The third-order valence-electron chi connectivity index (χ3n) is 3.53. The van der Waals surface area contributed by atoms with Crippen LogP contribution in [-0.2, 0) is 28.0 Å². The fourth-order valence-electron chi connectivity index (χ4n) is 2.22. The monoisotopic (exact) mass is 386 g/mol. The van der Waals surface area contributed by atoms with Crippen molar-refractivity contribution in [2.24, 2.45) is 5.73 Å². The molecule has 2 aromatic rings. The summed E-state index contributed by atoms with van der Waals surface area (Å²) in [4.78, 5) is 11.8. The number of rotatable bonds is 7. The summed E-state index contributed by atoms with van der Waals surface area (Å²) in [6, 6.07) is 14.4. The molecule has 0 aromatic heterocycles. The second-order valence-corrected chi connectivity index (χ2v) is 6.95. The van der Waals surface area contributed by atoms with E-state index in [4.69, 9.17) is 15.5 Å². The second-order valence-electron chi connectivity index (χ2n) is 5.53. The zero-order chi connectivity index (χ0) is 19.9. The normalized spacial score (nSPS) is 11.5. The highest BCUT2D eigenvalue weighted by Crippen LogP contribution is 2.15. The smallest absolute Gasteiger partial charge is 0.294 e. The average Bonchev–Trinajstić information content (AvgIpc) is 2.65. The Morgan fingerprint density at radius 2 is 1.89 bits per heavy atom. The van der Waals surface area contributed by atoms with Crippen LogP contribution in [-0.4, -0.2) is 18.9 Å². The van der Waals surface area contributed by atoms with Crippen LogP contribution in [0.1, 0.15) is 11.1 Å². The van der Waals surface area contributed by atoms with Gasteiger partial charge in [0.05, 0.1) is 4.90 Å². The van der Waals surface area contributed by atoms with Gasteiger partial charge in [-0.15, -0.1) is 0 Å². The molecular formula is C18H18N4O4S. The minimum Gasteiger partial charge on any atom is -0.386 e. The van der Waals surface area contributed by atoms with E-state index in [2.05, 4.69) is 10.6 Å². The number of anilines is 1. The molecule has 0 aliphatic carbocycles. The van der Waals surface area contributed by atoms with Crippen LogP contribution in [0.25, 0.3) is 0 Å². The van der Waals surface area contributed by atoms with Crippen LogP contribution in [0.3, 0.4) is 0 Å². The molecule has 0 radical (unpaired) electrons. The number of amides is 1. The van der Waals surface area contributed by atoms with Crippen molar-refractivity contribution in [3.05, 3.63) is 71.4 Å². The largest absolute Gasteiger partial charge is 0.386 e. The number of hydrogen-bond acceptors (Lipinski definition) is 6. The number of benzene rings is 2. The number of carbonyl (C=O) groups is 1. The Kier molecular flexibility index (Phi) is 6.67. The number of nitrogens with two attached hydrogens (primary N) is 1. The molecule has 27 heavy (non-hydrogen) atoms. The number of nitrogens with one attached hydrogen (secondary N) is 2. The number of carbonyl (C=O) groups excluding carboxylic acids is 1. The van der Waals surface area contributed by atoms with Crippen LogP contribution in [0, 0.1) is 11.3 Å². The van der Waals surface area contributed by atoms with E-state index in [1.54, 1.807) is 6.07 Å². The Balaban J connectivity index is 2.05. The van der Waals surface area contributed by atoms with Crippen molar-refractivity contribution >= 4 is 21.7 Å². The van der Waals surface area contributed by atoms with Gasteiger partial charge in [0, 0.05) is 25.0 Å². The van der Waals surface area contributed by atoms with Gasteiger partial charge < -0.3 is 16.4 Å². The molecule has 0 aliphatic heterocycles. The molecule has 0 fully saturated rings. The summed E-state index contributed by atoms with van der Waals surface area (Å²) in [5.74, 6) is -0.715. The summed E-state index contributed by atoms with van der Waals surface area (Å²) in [6.45, 7) is 0.808. The third kappa shape index (κ3) is 5.93. The molecule has 9 heteroatoms. The van der Waals surface area contributed by atoms with Gasteiger partial charge in [0.2, 0.25) is 0 Å². The molecule has 0 atom stereocenters. The van der Waals surface area contributed by atoms with Gasteiger partial charge in [-0.1, -0.05) is 30.3 Å². The first kappa shape index (κ1) is 20.1. The van der Waals surface area contributed by atoms with Gasteiger partial charge in [-0.2, -0.15) is 13.7 Å². The molecule has 5 N–H and O–H groups in total. The topological polar surface area (TPSA) is 145 Å². The molecule has 140 valence electrons. The molecule has 0 saturated carbocycles. The number of nitrogens with zero attached hydrogens (tertiary/aromatic N) is 1. The molecular weight excluding hydrogens is 368 g/mol. The van der Waals surface area contributed by atoms with Gasteiger partial charge in [-0.3, -0.25) is 9.35 Å². The quantitative estimate of drug-likeness (QED) is 0.321. The van der Waals surface area contributed by atoms with Gasteiger partial charge in [0.25, 0.3) is 16.0 Å². The van der Waals surface area contributed by atoms with Crippen LogP contribution < -0.4 is 16.4 Å². The first-order chi connectivity index (χ1) is 12.8. The Labute approximate surface area is 157 Å². The van der Waals surface area contributed by atoms with Crippen molar-refractivity contribution < 1.29 is 17.8 Å². The lowest BCUT2D eigenvalue weighted by Gasteiger charge is -2.07. The van der Waals surface area contributed by atoms with E-state index in [1.807, 2.05) is 24.3 Å². The lowest BCUT2D eigenvalue weighted by Crippen LogP contribution is -2.17. The highest BCUT2D eigenvalue weighted by molar-refractivity contribution is 7.85. The van der Waals surface area contributed by atoms with Crippen molar-refractivity contribution in [2.45, 2.75) is 18.0 Å². The Morgan fingerprint density at radius 1 is 1.19 bits per heavy atom. The van der Waals surface area contributed by atoms with E-state index >= 15 is 0 Å². The summed E-state index contributed by atoms with van der Waals surface area (Å²) in [5.41, 5.74) is 7.43. The van der Waals surface area contributed by atoms with Crippen LogP contribution in [0.5, 0.6) is 0 Å². The first-order valence-electron chi connectivity index (χ1n) is 7.84. The van der Waals surface area contributed by atoms with Crippen molar-refractivity contribution in [3.63, 3.8) is 0 Å². The van der Waals surface area contributed by atoms with Crippen molar-refractivity contribution in [2.75, 3.05) is 5.32 Å². The van der Waals surface area contributed by atoms with E-state index in [-0.39, 0.29) is 16.2 Å². The summed E-state index contributed by atoms with van der Waals surface area (Å²) in [6.07, 6.45) is 1.27. The SMILES string of the molecule is N#C/C(=C/NCc1cccc(CN)c1)C(=O)Nc1cccc(S(=O)(=O)O)c1. The molecule has 0 heterocycles. The van der Waals surface area contributed by atoms with Gasteiger partial charge in [0.15, 0.2) is 0 Å².